The van der Waals surface area contributed by atoms with Crippen molar-refractivity contribution in [1.29, 1.82) is 0 Å². The van der Waals surface area contributed by atoms with E-state index in [2.05, 4.69) is 10.2 Å². The van der Waals surface area contributed by atoms with E-state index in [9.17, 15) is 18.0 Å². The number of piperidine rings is 1. The topological polar surface area (TPSA) is 63.5 Å². The lowest BCUT2D eigenvalue weighted by molar-refractivity contribution is -0.202. The summed E-state index contributed by atoms with van der Waals surface area (Å²) >= 11 is 0. The number of carbonyl (C=O) groups is 1. The number of nitrogens with zero attached hydrogens (tertiary/aromatic N) is 3. The van der Waals surface area contributed by atoms with Gasteiger partial charge in [0.2, 0.25) is 0 Å². The molecule has 1 amide bonds. The molecule has 9 heteroatoms. The molecule has 3 aliphatic heterocycles. The van der Waals surface area contributed by atoms with Crippen LogP contribution in [0.3, 0.4) is 0 Å². The molecule has 1 atom stereocenters. The second-order valence-corrected chi connectivity index (χ2v) is 7.75. The number of alkyl halides is 3. The fourth-order valence-corrected chi connectivity index (χ4v) is 4.00. The van der Waals surface area contributed by atoms with Gasteiger partial charge in [-0.15, -0.1) is 10.2 Å². The Balaban J connectivity index is 1.45. The minimum absolute atomic E-state index is 0.177. The van der Waals surface area contributed by atoms with Crippen molar-refractivity contribution in [3.63, 3.8) is 0 Å². The Morgan fingerprint density at radius 2 is 2.11 bits per heavy atom. The van der Waals surface area contributed by atoms with Gasteiger partial charge < -0.3 is 14.4 Å². The predicted octanol–water partition coefficient (Wildman–Crippen LogP) is 3.53. The first-order valence-electron chi connectivity index (χ1n) is 9.32. The summed E-state index contributed by atoms with van der Waals surface area (Å²) < 4.78 is 50.2. The van der Waals surface area contributed by atoms with Gasteiger partial charge in [0, 0.05) is 32.2 Å². The standard InChI is InChI=1S/C19H22F3N3O3/c1-27-17(11-28-12-17)15-6-2-5-14(8-15)16(26)25-7-3-4-13(10-25)9-18(23-24-18)19(20,21)22/h2,5-6,8,13H,3-4,7,9-12H2,1H3. The number of rotatable bonds is 5. The molecule has 28 heavy (non-hydrogen) atoms. The summed E-state index contributed by atoms with van der Waals surface area (Å²) in [5.74, 6) is -0.452. The fourth-order valence-electron chi connectivity index (χ4n) is 4.00. The van der Waals surface area contributed by atoms with Crippen LogP contribution >= 0.6 is 0 Å². The van der Waals surface area contributed by atoms with Crippen LogP contribution in [0.2, 0.25) is 0 Å². The van der Waals surface area contributed by atoms with Gasteiger partial charge in [0.25, 0.3) is 11.6 Å². The van der Waals surface area contributed by atoms with E-state index < -0.39 is 17.4 Å². The lowest BCUT2D eigenvalue weighted by Crippen LogP contribution is -2.48. The minimum Gasteiger partial charge on any atom is -0.375 e. The Bertz CT molecular complexity index is 781. The van der Waals surface area contributed by atoms with Gasteiger partial charge >= 0.3 is 6.18 Å². The molecule has 0 aliphatic carbocycles. The van der Waals surface area contributed by atoms with Gasteiger partial charge in [0.05, 0.1) is 13.2 Å². The summed E-state index contributed by atoms with van der Waals surface area (Å²) in [6, 6.07) is 7.20. The number of benzene rings is 1. The molecule has 2 fully saturated rings. The van der Waals surface area contributed by atoms with Crippen molar-refractivity contribution in [3.8, 4) is 0 Å². The lowest BCUT2D eigenvalue weighted by Gasteiger charge is -2.40. The van der Waals surface area contributed by atoms with Crippen molar-refractivity contribution in [2.75, 3.05) is 33.4 Å². The van der Waals surface area contributed by atoms with Crippen LogP contribution in [0.15, 0.2) is 34.5 Å². The number of amides is 1. The monoisotopic (exact) mass is 397 g/mol. The number of hydrogen-bond acceptors (Lipinski definition) is 5. The number of methoxy groups -OCH3 is 1. The summed E-state index contributed by atoms with van der Waals surface area (Å²) in [5.41, 5.74) is -1.41. The molecule has 1 aromatic rings. The molecule has 3 aliphatic rings. The zero-order valence-electron chi connectivity index (χ0n) is 15.5. The number of halogens is 3. The number of carbonyl (C=O) groups excluding carboxylic acids is 1. The van der Waals surface area contributed by atoms with E-state index in [0.29, 0.717) is 38.2 Å². The van der Waals surface area contributed by atoms with Crippen LogP contribution in [0.5, 0.6) is 0 Å². The minimum atomic E-state index is -4.47. The van der Waals surface area contributed by atoms with Crippen molar-refractivity contribution in [2.45, 2.75) is 36.7 Å². The summed E-state index contributed by atoms with van der Waals surface area (Å²) in [6.45, 7) is 1.68. The van der Waals surface area contributed by atoms with E-state index in [1.54, 1.807) is 30.2 Å². The first-order chi connectivity index (χ1) is 13.3. The molecule has 0 aromatic heterocycles. The van der Waals surface area contributed by atoms with Crippen LogP contribution < -0.4 is 0 Å². The molecule has 0 bridgehead atoms. The number of likely N-dealkylation sites (tertiary alicyclic amines) is 1. The zero-order valence-corrected chi connectivity index (χ0v) is 15.5. The summed E-state index contributed by atoms with van der Waals surface area (Å²) in [4.78, 5) is 14.6. The molecule has 0 saturated carbocycles. The first-order valence-corrected chi connectivity index (χ1v) is 9.32. The van der Waals surface area contributed by atoms with E-state index in [0.717, 1.165) is 5.56 Å². The highest BCUT2D eigenvalue weighted by atomic mass is 19.4. The third kappa shape index (κ3) is 3.30. The quantitative estimate of drug-likeness (QED) is 0.764. The Kier molecular flexibility index (Phi) is 4.70. The third-order valence-electron chi connectivity index (χ3n) is 5.87. The maximum absolute atomic E-state index is 13.1. The SMILES string of the molecule is COC1(c2cccc(C(=O)N3CCCC(CC4(C(F)(F)F)N=N4)C3)c2)COC1. The largest absolute Gasteiger partial charge is 0.437 e. The van der Waals surface area contributed by atoms with Crippen molar-refractivity contribution in [2.24, 2.45) is 16.1 Å². The van der Waals surface area contributed by atoms with Gasteiger partial charge in [-0.05, 0) is 36.5 Å². The lowest BCUT2D eigenvalue weighted by atomic mass is 9.88. The summed E-state index contributed by atoms with van der Waals surface area (Å²) in [7, 11) is 1.61. The third-order valence-corrected chi connectivity index (χ3v) is 5.87. The molecule has 0 N–H and O–H groups in total. The molecule has 3 heterocycles. The van der Waals surface area contributed by atoms with E-state index in [-0.39, 0.29) is 24.8 Å². The molecular formula is C19H22F3N3O3. The molecule has 4 rings (SSSR count). The average molecular weight is 397 g/mol. The van der Waals surface area contributed by atoms with Gasteiger partial charge in [-0.1, -0.05) is 12.1 Å². The molecule has 152 valence electrons. The van der Waals surface area contributed by atoms with Crippen LogP contribution in [-0.2, 0) is 15.1 Å². The first kappa shape index (κ1) is 19.3. The van der Waals surface area contributed by atoms with Crippen molar-refractivity contribution >= 4 is 5.91 Å². The van der Waals surface area contributed by atoms with Gasteiger partial charge in [-0.3, -0.25) is 4.79 Å². The van der Waals surface area contributed by atoms with Crippen LogP contribution in [0.4, 0.5) is 13.2 Å². The molecule has 2 saturated heterocycles. The van der Waals surface area contributed by atoms with Crippen LogP contribution in [0.25, 0.3) is 0 Å². The Morgan fingerprint density at radius 3 is 2.68 bits per heavy atom. The van der Waals surface area contributed by atoms with Crippen molar-refractivity contribution < 1.29 is 27.4 Å². The zero-order chi connectivity index (χ0) is 20.0. The summed E-state index contributed by atoms with van der Waals surface area (Å²) in [6.07, 6.45) is -3.35. The Morgan fingerprint density at radius 1 is 1.36 bits per heavy atom. The van der Waals surface area contributed by atoms with Crippen molar-refractivity contribution in [3.05, 3.63) is 35.4 Å². The fraction of sp³-hybridized carbons (Fsp3) is 0.632. The van der Waals surface area contributed by atoms with Gasteiger partial charge in [0.1, 0.15) is 5.60 Å². The predicted molar refractivity (Wildman–Crippen MR) is 92.8 cm³/mol. The normalized spacial score (nSPS) is 25.3. The van der Waals surface area contributed by atoms with Crippen LogP contribution in [0, 0.1) is 5.92 Å². The van der Waals surface area contributed by atoms with Crippen molar-refractivity contribution in [1.82, 2.24) is 4.90 Å². The van der Waals surface area contributed by atoms with Gasteiger partial charge in [-0.2, -0.15) is 13.2 Å². The molecule has 6 nitrogen and oxygen atoms in total. The van der Waals surface area contributed by atoms with Crippen LogP contribution in [0.1, 0.15) is 35.2 Å². The Labute approximate surface area is 160 Å². The average Bonchev–Trinajstić information content (AvgIpc) is 3.42. The molecule has 1 aromatic carbocycles. The van der Waals surface area contributed by atoms with E-state index in [4.69, 9.17) is 9.47 Å². The second-order valence-electron chi connectivity index (χ2n) is 7.75. The smallest absolute Gasteiger partial charge is 0.375 e. The van der Waals surface area contributed by atoms with E-state index in [1.807, 2.05) is 6.07 Å². The molecular weight excluding hydrogens is 375 g/mol. The van der Waals surface area contributed by atoms with Crippen LogP contribution in [-0.4, -0.2) is 56.1 Å². The Hall–Kier alpha value is -2.00. The molecule has 1 unspecified atom stereocenters. The second kappa shape index (κ2) is 6.81. The maximum atomic E-state index is 13.1. The maximum Gasteiger partial charge on any atom is 0.437 e. The highest BCUT2D eigenvalue weighted by molar-refractivity contribution is 5.94. The molecule has 0 radical (unpaired) electrons. The summed E-state index contributed by atoms with van der Waals surface area (Å²) in [5, 5.41) is 6.52. The number of hydrogen-bond donors (Lipinski definition) is 0. The van der Waals surface area contributed by atoms with Gasteiger partial charge in [0.15, 0.2) is 0 Å². The highest BCUT2D eigenvalue weighted by Gasteiger charge is 2.64. The van der Waals surface area contributed by atoms with E-state index >= 15 is 0 Å². The molecule has 0 spiro atoms. The van der Waals surface area contributed by atoms with Gasteiger partial charge in [-0.25, -0.2) is 0 Å². The highest BCUT2D eigenvalue weighted by Crippen LogP contribution is 2.49. The number of ether oxygens (including phenoxy) is 2. The van der Waals surface area contributed by atoms with E-state index in [1.165, 1.54) is 0 Å².